The normalized spacial score (nSPS) is 16.2. The van der Waals surface area contributed by atoms with E-state index in [1.165, 1.54) is 22.7 Å². The second-order valence-corrected chi connectivity index (χ2v) is 7.36. The number of fused-ring (bicyclic) bond motifs is 1. The van der Waals surface area contributed by atoms with Gasteiger partial charge in [-0.1, -0.05) is 29.8 Å². The van der Waals surface area contributed by atoms with E-state index in [-0.39, 0.29) is 11.6 Å². The number of ether oxygens (including phenoxy) is 1. The largest absolute Gasteiger partial charge is 0.401 e. The van der Waals surface area contributed by atoms with Gasteiger partial charge in [0.15, 0.2) is 5.70 Å². The van der Waals surface area contributed by atoms with Crippen molar-refractivity contribution in [2.24, 2.45) is 4.99 Å². The lowest BCUT2D eigenvalue weighted by molar-refractivity contribution is -0.129. The minimum atomic E-state index is -0.487. The van der Waals surface area contributed by atoms with E-state index in [9.17, 15) is 4.79 Å². The van der Waals surface area contributed by atoms with Crippen LogP contribution in [-0.4, -0.2) is 16.9 Å². The molecule has 3 heterocycles. The fourth-order valence-corrected chi connectivity index (χ4v) is 4.25. The zero-order valence-corrected chi connectivity index (χ0v) is 14.3. The number of esters is 1. The molecule has 0 saturated carbocycles. The average Bonchev–Trinajstić information content (AvgIpc) is 3.20. The number of aromatic nitrogens is 1. The Balaban J connectivity index is 1.77. The van der Waals surface area contributed by atoms with Crippen LogP contribution in [-0.2, 0) is 9.53 Å². The monoisotopic (exact) mass is 360 g/mol. The van der Waals surface area contributed by atoms with E-state index in [1.54, 1.807) is 6.08 Å². The molecule has 3 aromatic rings. The molecule has 114 valence electrons. The summed E-state index contributed by atoms with van der Waals surface area (Å²) < 4.78 is 6.32. The molecule has 7 heteroatoms. The number of nitrogens with zero attached hydrogens (tertiary/aromatic N) is 2. The lowest BCUT2D eigenvalue weighted by Crippen LogP contribution is -2.04. The Kier molecular flexibility index (Phi) is 3.52. The highest BCUT2D eigenvalue weighted by Crippen LogP contribution is 2.37. The van der Waals surface area contributed by atoms with E-state index in [2.05, 4.69) is 9.98 Å². The zero-order chi connectivity index (χ0) is 16.0. The van der Waals surface area contributed by atoms with Gasteiger partial charge in [0.1, 0.15) is 4.88 Å². The highest BCUT2D eigenvalue weighted by Gasteiger charge is 2.28. The van der Waals surface area contributed by atoms with Crippen LogP contribution in [0.3, 0.4) is 0 Å². The number of hydrogen-bond acceptors (Lipinski definition) is 6. The number of cyclic esters (lactones) is 1. The van der Waals surface area contributed by atoms with Crippen molar-refractivity contribution in [2.75, 3.05) is 0 Å². The van der Waals surface area contributed by atoms with Crippen molar-refractivity contribution in [3.8, 4) is 0 Å². The quantitative estimate of drug-likeness (QED) is 0.493. The van der Waals surface area contributed by atoms with E-state index in [4.69, 9.17) is 16.3 Å². The molecule has 1 aliphatic heterocycles. The summed E-state index contributed by atoms with van der Waals surface area (Å²) in [5.74, 6) is -0.237. The number of thiophene rings is 1. The highest BCUT2D eigenvalue weighted by molar-refractivity contribution is 7.21. The first-order valence-electron chi connectivity index (χ1n) is 6.74. The molecule has 4 rings (SSSR count). The molecule has 2 aromatic heterocycles. The van der Waals surface area contributed by atoms with Crippen molar-refractivity contribution in [3.05, 3.63) is 55.9 Å². The fourth-order valence-electron chi connectivity index (χ4n) is 2.24. The molecule has 0 fully saturated rings. The molecule has 0 aliphatic carbocycles. The number of hydrogen-bond donors (Lipinski definition) is 0. The number of benzene rings is 1. The fraction of sp³-hybridized carbons (Fsp3) is 0.0625. The van der Waals surface area contributed by atoms with Gasteiger partial charge in [0.2, 0.25) is 5.90 Å². The Labute approximate surface area is 144 Å². The molecule has 0 unspecified atom stereocenters. The topological polar surface area (TPSA) is 51.6 Å². The Hall–Kier alpha value is -2.02. The molecule has 0 atom stereocenters. The first kappa shape index (κ1) is 14.6. The van der Waals surface area contributed by atoms with Gasteiger partial charge in [0, 0.05) is 15.5 Å². The number of rotatable bonds is 2. The van der Waals surface area contributed by atoms with Crippen LogP contribution < -0.4 is 0 Å². The summed E-state index contributed by atoms with van der Waals surface area (Å²) in [7, 11) is 0. The number of thiazole rings is 1. The molecule has 0 spiro atoms. The molecular weight excluding hydrogens is 352 g/mol. The van der Waals surface area contributed by atoms with E-state index < -0.39 is 5.97 Å². The van der Waals surface area contributed by atoms with Gasteiger partial charge in [0.05, 0.1) is 15.7 Å². The number of aliphatic imine (C=N–C) groups is 1. The van der Waals surface area contributed by atoms with Gasteiger partial charge < -0.3 is 4.74 Å². The van der Waals surface area contributed by atoms with Gasteiger partial charge in [-0.05, 0) is 19.1 Å². The summed E-state index contributed by atoms with van der Waals surface area (Å²) in [6.45, 7) is 1.91. The maximum atomic E-state index is 12.0. The predicted octanol–water partition coefficient (Wildman–Crippen LogP) is 4.66. The van der Waals surface area contributed by atoms with Crippen molar-refractivity contribution in [2.45, 2.75) is 6.92 Å². The maximum absolute atomic E-state index is 12.0. The predicted molar refractivity (Wildman–Crippen MR) is 94.3 cm³/mol. The van der Waals surface area contributed by atoms with Crippen molar-refractivity contribution in [1.82, 2.24) is 4.98 Å². The van der Waals surface area contributed by atoms with Gasteiger partial charge in [-0.2, -0.15) is 0 Å². The number of carbonyl (C=O) groups is 1. The molecule has 0 N–H and O–H groups in total. The molecular formula is C16H9ClN2O2S2. The van der Waals surface area contributed by atoms with Crippen LogP contribution in [0.15, 0.2) is 40.3 Å². The van der Waals surface area contributed by atoms with Crippen molar-refractivity contribution in [3.63, 3.8) is 0 Å². The van der Waals surface area contributed by atoms with E-state index in [1.807, 2.05) is 36.6 Å². The van der Waals surface area contributed by atoms with E-state index in [0.717, 1.165) is 15.1 Å². The Morgan fingerprint density at radius 1 is 1.30 bits per heavy atom. The Morgan fingerprint density at radius 3 is 2.87 bits per heavy atom. The van der Waals surface area contributed by atoms with Crippen LogP contribution in [0.4, 0.5) is 0 Å². The van der Waals surface area contributed by atoms with Crippen LogP contribution >= 0.6 is 34.3 Å². The van der Waals surface area contributed by atoms with Crippen LogP contribution in [0.1, 0.15) is 15.6 Å². The van der Waals surface area contributed by atoms with Crippen molar-refractivity contribution < 1.29 is 9.53 Å². The standard InChI is InChI=1S/C16H9ClN2O2S2/c1-8-18-9(7-22-8)6-11-16(20)21-15(19-11)14-13(17)10-4-2-3-5-12(10)23-14/h2-7H,1H3/b11-6-. The minimum Gasteiger partial charge on any atom is -0.401 e. The molecule has 23 heavy (non-hydrogen) atoms. The first-order chi connectivity index (χ1) is 11.1. The van der Waals surface area contributed by atoms with Gasteiger partial charge >= 0.3 is 5.97 Å². The molecule has 0 bridgehead atoms. The van der Waals surface area contributed by atoms with Crippen LogP contribution in [0, 0.1) is 6.92 Å². The molecule has 4 nitrogen and oxygen atoms in total. The summed E-state index contributed by atoms with van der Waals surface area (Å²) in [4.78, 5) is 21.3. The number of aryl methyl sites for hydroxylation is 1. The second-order valence-electron chi connectivity index (χ2n) is 4.87. The van der Waals surface area contributed by atoms with Crippen LogP contribution in [0.25, 0.3) is 16.2 Å². The summed E-state index contributed by atoms with van der Waals surface area (Å²) in [6.07, 6.45) is 1.63. The third-order valence-corrected chi connectivity index (χ3v) is 5.73. The van der Waals surface area contributed by atoms with Crippen molar-refractivity contribution in [1.29, 1.82) is 0 Å². The summed E-state index contributed by atoms with van der Waals surface area (Å²) in [5, 5.41) is 4.29. The van der Waals surface area contributed by atoms with Gasteiger partial charge in [-0.15, -0.1) is 22.7 Å². The Morgan fingerprint density at radius 2 is 2.13 bits per heavy atom. The smallest absolute Gasteiger partial charge is 0.363 e. The SMILES string of the molecule is Cc1nc(/C=C2\N=C(c3sc4ccccc4c3Cl)OC2=O)cs1. The summed E-state index contributed by atoms with van der Waals surface area (Å²) in [5.41, 5.74) is 0.936. The molecule has 0 radical (unpaired) electrons. The molecule has 0 amide bonds. The summed E-state index contributed by atoms with van der Waals surface area (Å²) in [6, 6.07) is 7.77. The first-order valence-corrected chi connectivity index (χ1v) is 8.81. The lowest BCUT2D eigenvalue weighted by atomic mass is 10.2. The number of carbonyl (C=O) groups excluding carboxylic acids is 1. The minimum absolute atomic E-state index is 0.235. The summed E-state index contributed by atoms with van der Waals surface area (Å²) >= 11 is 9.38. The zero-order valence-electron chi connectivity index (χ0n) is 11.9. The third kappa shape index (κ3) is 2.59. The molecule has 1 aliphatic rings. The van der Waals surface area contributed by atoms with E-state index >= 15 is 0 Å². The maximum Gasteiger partial charge on any atom is 0.363 e. The third-order valence-electron chi connectivity index (χ3n) is 3.27. The van der Waals surface area contributed by atoms with Gasteiger partial charge in [-0.25, -0.2) is 14.8 Å². The molecule has 1 aromatic carbocycles. The second kappa shape index (κ2) is 5.56. The number of halogens is 1. The molecule has 0 saturated heterocycles. The Bertz CT molecular complexity index is 1000. The lowest BCUT2D eigenvalue weighted by Gasteiger charge is -1.95. The van der Waals surface area contributed by atoms with Gasteiger partial charge in [0.25, 0.3) is 0 Å². The van der Waals surface area contributed by atoms with E-state index in [0.29, 0.717) is 15.6 Å². The van der Waals surface area contributed by atoms with Crippen LogP contribution in [0.2, 0.25) is 5.02 Å². The van der Waals surface area contributed by atoms with Crippen LogP contribution in [0.5, 0.6) is 0 Å². The average molecular weight is 361 g/mol. The van der Waals surface area contributed by atoms with Crippen molar-refractivity contribution >= 4 is 62.3 Å². The van der Waals surface area contributed by atoms with Gasteiger partial charge in [-0.3, -0.25) is 0 Å². The highest BCUT2D eigenvalue weighted by atomic mass is 35.5.